The first-order valence-electron chi connectivity index (χ1n) is 8.45. The van der Waals surface area contributed by atoms with E-state index in [0.29, 0.717) is 31.8 Å². The lowest BCUT2D eigenvalue weighted by molar-refractivity contribution is -0.170. The minimum absolute atomic E-state index is 0.290. The average Bonchev–Trinajstić information content (AvgIpc) is 3.04. The zero-order valence-electron chi connectivity index (χ0n) is 14.6. The number of aryl methyl sites for hydroxylation is 1. The maximum Gasteiger partial charge on any atom is 0.338 e. The van der Waals surface area contributed by atoms with Gasteiger partial charge in [0.1, 0.15) is 0 Å². The lowest BCUT2D eigenvalue weighted by Crippen LogP contribution is -2.49. The van der Waals surface area contributed by atoms with Crippen molar-refractivity contribution in [3.8, 4) is 11.4 Å². The summed E-state index contributed by atoms with van der Waals surface area (Å²) in [5, 5.41) is 22.4. The molecule has 1 aliphatic rings. The molecule has 0 unspecified atom stereocenters. The standard InChI is InChI=1S/C17H23N5O3/c1-3-25-16(23)17(24)8-10-22(11-9-17)12-13-4-6-14(7-5-13)15-18-20-21(2)19-15/h4-7,24H,3,8-12H2,1-2H3. The largest absolute Gasteiger partial charge is 0.464 e. The Hall–Kier alpha value is -2.32. The van der Waals surface area contributed by atoms with Crippen molar-refractivity contribution >= 4 is 5.97 Å². The fourth-order valence-corrected chi connectivity index (χ4v) is 2.97. The van der Waals surface area contributed by atoms with E-state index in [2.05, 4.69) is 20.3 Å². The number of rotatable bonds is 5. The molecule has 0 saturated carbocycles. The van der Waals surface area contributed by atoms with Crippen LogP contribution in [0.25, 0.3) is 11.4 Å². The summed E-state index contributed by atoms with van der Waals surface area (Å²) in [6, 6.07) is 8.03. The van der Waals surface area contributed by atoms with E-state index < -0.39 is 11.6 Å². The Morgan fingerprint density at radius 1 is 1.28 bits per heavy atom. The summed E-state index contributed by atoms with van der Waals surface area (Å²) in [6.07, 6.45) is 0.793. The summed E-state index contributed by atoms with van der Waals surface area (Å²) in [4.78, 5) is 15.5. The molecule has 25 heavy (non-hydrogen) atoms. The number of aliphatic hydroxyl groups is 1. The van der Waals surface area contributed by atoms with E-state index >= 15 is 0 Å². The lowest BCUT2D eigenvalue weighted by Gasteiger charge is -2.36. The maximum absolute atomic E-state index is 11.8. The van der Waals surface area contributed by atoms with Crippen LogP contribution in [0.1, 0.15) is 25.3 Å². The highest BCUT2D eigenvalue weighted by Crippen LogP contribution is 2.25. The van der Waals surface area contributed by atoms with Crippen molar-refractivity contribution in [2.24, 2.45) is 7.05 Å². The third kappa shape index (κ3) is 4.02. The van der Waals surface area contributed by atoms with Crippen molar-refractivity contribution in [3.05, 3.63) is 29.8 Å². The van der Waals surface area contributed by atoms with Gasteiger partial charge >= 0.3 is 5.97 Å². The molecule has 134 valence electrons. The number of tetrazole rings is 1. The van der Waals surface area contributed by atoms with Gasteiger partial charge in [-0.2, -0.15) is 4.80 Å². The predicted octanol–water partition coefficient (Wildman–Crippen LogP) is 0.767. The third-order valence-corrected chi connectivity index (χ3v) is 4.47. The molecule has 1 aromatic carbocycles. The first-order chi connectivity index (χ1) is 12.0. The van der Waals surface area contributed by atoms with Gasteiger partial charge in [0.15, 0.2) is 5.60 Å². The van der Waals surface area contributed by atoms with Crippen LogP contribution in [-0.2, 0) is 23.1 Å². The van der Waals surface area contributed by atoms with Crippen LogP contribution < -0.4 is 0 Å². The number of carbonyl (C=O) groups excluding carboxylic acids is 1. The Kier molecular flexibility index (Phi) is 5.10. The number of likely N-dealkylation sites (tertiary alicyclic amines) is 1. The molecule has 3 rings (SSSR count). The number of carbonyl (C=O) groups is 1. The summed E-state index contributed by atoms with van der Waals surface area (Å²) in [5.41, 5.74) is 0.745. The molecule has 8 heteroatoms. The second kappa shape index (κ2) is 7.28. The van der Waals surface area contributed by atoms with Crippen LogP contribution in [-0.4, -0.2) is 61.5 Å². The van der Waals surface area contributed by atoms with Crippen molar-refractivity contribution in [1.82, 2.24) is 25.1 Å². The van der Waals surface area contributed by atoms with E-state index in [1.54, 1.807) is 14.0 Å². The number of piperidine rings is 1. The van der Waals surface area contributed by atoms with E-state index in [1.807, 2.05) is 24.3 Å². The molecule has 1 aliphatic heterocycles. The Labute approximate surface area is 146 Å². The predicted molar refractivity (Wildman–Crippen MR) is 90.3 cm³/mol. The summed E-state index contributed by atoms with van der Waals surface area (Å²) < 4.78 is 4.97. The number of nitrogens with zero attached hydrogens (tertiary/aromatic N) is 5. The Bertz CT molecular complexity index is 720. The number of esters is 1. The zero-order chi connectivity index (χ0) is 17.9. The highest BCUT2D eigenvalue weighted by atomic mass is 16.5. The zero-order valence-corrected chi connectivity index (χ0v) is 14.6. The van der Waals surface area contributed by atoms with Crippen LogP contribution in [0, 0.1) is 0 Å². The number of hydrogen-bond donors (Lipinski definition) is 1. The molecular weight excluding hydrogens is 322 g/mol. The summed E-state index contributed by atoms with van der Waals surface area (Å²) >= 11 is 0. The molecule has 0 bridgehead atoms. The van der Waals surface area contributed by atoms with Gasteiger partial charge in [-0.25, -0.2) is 4.79 Å². The Morgan fingerprint density at radius 2 is 1.96 bits per heavy atom. The van der Waals surface area contributed by atoms with Gasteiger partial charge in [-0.1, -0.05) is 24.3 Å². The first kappa shape index (κ1) is 17.5. The number of aromatic nitrogens is 4. The van der Waals surface area contributed by atoms with Gasteiger partial charge in [0.25, 0.3) is 0 Å². The quantitative estimate of drug-likeness (QED) is 0.800. The molecule has 0 spiro atoms. The van der Waals surface area contributed by atoms with Gasteiger partial charge in [0, 0.05) is 25.2 Å². The maximum atomic E-state index is 11.8. The molecule has 0 radical (unpaired) electrons. The van der Waals surface area contributed by atoms with Crippen LogP contribution in [0.2, 0.25) is 0 Å². The normalized spacial score (nSPS) is 17.4. The Balaban J connectivity index is 1.56. The van der Waals surface area contributed by atoms with Crippen LogP contribution in [0.4, 0.5) is 0 Å². The van der Waals surface area contributed by atoms with Crippen molar-refractivity contribution < 1.29 is 14.6 Å². The van der Waals surface area contributed by atoms with Crippen molar-refractivity contribution in [2.75, 3.05) is 19.7 Å². The molecule has 1 saturated heterocycles. The molecule has 1 fully saturated rings. The van der Waals surface area contributed by atoms with Crippen LogP contribution >= 0.6 is 0 Å². The minimum Gasteiger partial charge on any atom is -0.464 e. The minimum atomic E-state index is -1.34. The van der Waals surface area contributed by atoms with Crippen LogP contribution in [0.15, 0.2) is 24.3 Å². The van der Waals surface area contributed by atoms with Gasteiger partial charge in [-0.15, -0.1) is 10.2 Å². The summed E-state index contributed by atoms with van der Waals surface area (Å²) in [5.74, 6) is 0.0991. The number of benzene rings is 1. The highest BCUT2D eigenvalue weighted by molar-refractivity contribution is 5.79. The smallest absolute Gasteiger partial charge is 0.338 e. The van der Waals surface area contributed by atoms with E-state index in [9.17, 15) is 9.90 Å². The van der Waals surface area contributed by atoms with E-state index in [4.69, 9.17) is 4.74 Å². The molecule has 2 aromatic rings. The molecule has 0 aliphatic carbocycles. The highest BCUT2D eigenvalue weighted by Gasteiger charge is 2.40. The third-order valence-electron chi connectivity index (χ3n) is 4.47. The second-order valence-corrected chi connectivity index (χ2v) is 6.33. The lowest BCUT2D eigenvalue weighted by atomic mass is 9.91. The summed E-state index contributed by atoms with van der Waals surface area (Å²) in [7, 11) is 1.73. The van der Waals surface area contributed by atoms with E-state index in [0.717, 1.165) is 17.7 Å². The fraction of sp³-hybridized carbons (Fsp3) is 0.529. The molecule has 2 heterocycles. The number of ether oxygens (including phenoxy) is 1. The topological polar surface area (TPSA) is 93.4 Å². The van der Waals surface area contributed by atoms with Gasteiger partial charge in [-0.3, -0.25) is 4.90 Å². The summed E-state index contributed by atoms with van der Waals surface area (Å²) in [6.45, 7) is 4.12. The van der Waals surface area contributed by atoms with E-state index in [-0.39, 0.29) is 6.61 Å². The molecule has 0 atom stereocenters. The Morgan fingerprint density at radius 3 is 2.52 bits per heavy atom. The van der Waals surface area contributed by atoms with Crippen molar-refractivity contribution in [1.29, 1.82) is 0 Å². The van der Waals surface area contributed by atoms with Crippen LogP contribution in [0.5, 0.6) is 0 Å². The molecule has 1 N–H and O–H groups in total. The molecule has 0 amide bonds. The monoisotopic (exact) mass is 345 g/mol. The molecule has 1 aromatic heterocycles. The van der Waals surface area contributed by atoms with Gasteiger partial charge in [0.2, 0.25) is 5.82 Å². The SMILES string of the molecule is CCOC(=O)C1(O)CCN(Cc2ccc(-c3nnn(C)n3)cc2)CC1. The number of hydrogen-bond acceptors (Lipinski definition) is 7. The molecule has 8 nitrogen and oxygen atoms in total. The average molecular weight is 345 g/mol. The van der Waals surface area contributed by atoms with Crippen LogP contribution in [0.3, 0.4) is 0 Å². The van der Waals surface area contributed by atoms with Gasteiger partial charge in [0.05, 0.1) is 13.7 Å². The van der Waals surface area contributed by atoms with Gasteiger partial charge < -0.3 is 9.84 Å². The first-order valence-corrected chi connectivity index (χ1v) is 8.45. The van der Waals surface area contributed by atoms with Crippen molar-refractivity contribution in [2.45, 2.75) is 31.9 Å². The van der Waals surface area contributed by atoms with E-state index in [1.165, 1.54) is 4.80 Å². The van der Waals surface area contributed by atoms with Gasteiger partial charge in [-0.05, 0) is 30.5 Å². The fourth-order valence-electron chi connectivity index (χ4n) is 2.97. The van der Waals surface area contributed by atoms with Crippen molar-refractivity contribution in [3.63, 3.8) is 0 Å². The molecular formula is C17H23N5O3. The second-order valence-electron chi connectivity index (χ2n) is 6.33.